The van der Waals surface area contributed by atoms with Crippen molar-refractivity contribution in [1.82, 2.24) is 0 Å². The van der Waals surface area contributed by atoms with Crippen LogP contribution in [0.15, 0.2) is 66.1 Å². The van der Waals surface area contributed by atoms with Gasteiger partial charge in [-0.25, -0.2) is 9.59 Å². The van der Waals surface area contributed by atoms with E-state index in [1.807, 2.05) is 19.9 Å². The van der Waals surface area contributed by atoms with Crippen molar-refractivity contribution >= 4 is 23.9 Å². The van der Waals surface area contributed by atoms with Crippen molar-refractivity contribution in [2.45, 2.75) is 72.1 Å². The van der Waals surface area contributed by atoms with Gasteiger partial charge in [-0.05, 0) is 66.8 Å². The fourth-order valence-electron chi connectivity index (χ4n) is 5.88. The van der Waals surface area contributed by atoms with Crippen LogP contribution in [0.1, 0.15) is 83.4 Å². The lowest BCUT2D eigenvalue weighted by molar-refractivity contribution is -0.157. The van der Waals surface area contributed by atoms with Crippen molar-refractivity contribution < 1.29 is 48.3 Å². The topological polar surface area (TPSA) is 146 Å². The second-order valence-electron chi connectivity index (χ2n) is 12.4. The average Bonchev–Trinajstić information content (AvgIpc) is 3.24. The Labute approximate surface area is 276 Å². The summed E-state index contributed by atoms with van der Waals surface area (Å²) in [5.41, 5.74) is 5.78. The summed E-state index contributed by atoms with van der Waals surface area (Å²) in [6.07, 6.45) is 2.80. The number of carbonyl (C=O) groups is 4. The minimum absolute atomic E-state index is 0.0659. The summed E-state index contributed by atoms with van der Waals surface area (Å²) in [5, 5.41) is 18.4. The van der Waals surface area contributed by atoms with Crippen LogP contribution in [-0.4, -0.2) is 60.5 Å². The zero-order valence-electron chi connectivity index (χ0n) is 28.0. The second-order valence-corrected chi connectivity index (χ2v) is 12.4. The molecule has 10 nitrogen and oxygen atoms in total. The van der Waals surface area contributed by atoms with Gasteiger partial charge in [-0.1, -0.05) is 70.2 Å². The van der Waals surface area contributed by atoms with E-state index < -0.39 is 35.7 Å². The first kappa shape index (κ1) is 36.9. The fraction of sp³-hybridized carbons (Fsp3) is 0.459. The molecule has 3 atom stereocenters. The van der Waals surface area contributed by atoms with Gasteiger partial charge in [0, 0.05) is 5.41 Å². The molecule has 3 rings (SSSR count). The van der Waals surface area contributed by atoms with Gasteiger partial charge in [0.1, 0.15) is 26.4 Å². The third kappa shape index (κ3) is 10.2. The first-order valence-electron chi connectivity index (χ1n) is 15.9. The fourth-order valence-corrected chi connectivity index (χ4v) is 5.88. The number of aliphatic hydroxyl groups is 2. The second kappa shape index (κ2) is 16.8. The Bertz CT molecular complexity index is 1490. The van der Waals surface area contributed by atoms with Crippen LogP contribution in [0.2, 0.25) is 0 Å². The van der Waals surface area contributed by atoms with Crippen molar-refractivity contribution in [2.24, 2.45) is 11.8 Å². The van der Waals surface area contributed by atoms with Gasteiger partial charge in [0.05, 0.1) is 35.5 Å². The summed E-state index contributed by atoms with van der Waals surface area (Å²) in [4.78, 5) is 49.7. The number of ether oxygens (including phenoxy) is 4. The molecule has 2 aromatic rings. The smallest absolute Gasteiger partial charge is 0.334 e. The number of hydrogen-bond donors (Lipinski definition) is 2. The van der Waals surface area contributed by atoms with E-state index in [2.05, 4.69) is 50.2 Å². The number of fused-ring (bicyclic) bond motifs is 3. The molecular formula is C37H46O10. The summed E-state index contributed by atoms with van der Waals surface area (Å²) in [6.45, 7) is 10.2. The van der Waals surface area contributed by atoms with Crippen LogP contribution < -0.4 is 0 Å². The largest absolute Gasteiger partial charge is 0.512 e. The van der Waals surface area contributed by atoms with Gasteiger partial charge in [-0.3, -0.25) is 9.59 Å². The Kier molecular flexibility index (Phi) is 13.2. The minimum atomic E-state index is -0.755. The first-order valence-corrected chi connectivity index (χ1v) is 15.9. The number of benzene rings is 2. The van der Waals surface area contributed by atoms with Gasteiger partial charge in [0.2, 0.25) is 0 Å². The van der Waals surface area contributed by atoms with Crippen LogP contribution in [0.3, 0.4) is 0 Å². The zero-order valence-corrected chi connectivity index (χ0v) is 28.0. The summed E-state index contributed by atoms with van der Waals surface area (Å²) in [6, 6.07) is 14.8. The lowest BCUT2D eigenvalue weighted by Gasteiger charge is -2.25. The lowest BCUT2D eigenvalue weighted by atomic mass is 9.79. The molecule has 0 spiro atoms. The molecule has 3 unspecified atom stereocenters. The minimum Gasteiger partial charge on any atom is -0.512 e. The highest BCUT2D eigenvalue weighted by Gasteiger charge is 2.36. The SMILES string of the molecule is CCC(CC(CC(C)c1ccc2c(c1)C(C)(C)c1ccccc1-2)C(=O)OCCOC(=O)/C=C(/C)O)C(=O)OCCOC(=O)/C=C(/C)O. The van der Waals surface area contributed by atoms with Crippen LogP contribution >= 0.6 is 0 Å². The molecular weight excluding hydrogens is 604 g/mol. The maximum absolute atomic E-state index is 13.4. The van der Waals surface area contributed by atoms with Crippen LogP contribution in [0.5, 0.6) is 0 Å². The molecule has 0 amide bonds. The normalized spacial score (nSPS) is 15.4. The molecule has 0 bridgehead atoms. The van der Waals surface area contributed by atoms with Gasteiger partial charge in [0.15, 0.2) is 0 Å². The van der Waals surface area contributed by atoms with E-state index in [-0.39, 0.29) is 55.7 Å². The van der Waals surface area contributed by atoms with E-state index in [9.17, 15) is 24.3 Å². The monoisotopic (exact) mass is 650 g/mol. The van der Waals surface area contributed by atoms with Crippen molar-refractivity contribution in [3.63, 3.8) is 0 Å². The third-order valence-electron chi connectivity index (χ3n) is 8.34. The summed E-state index contributed by atoms with van der Waals surface area (Å²) < 4.78 is 20.7. The predicted octanol–water partition coefficient (Wildman–Crippen LogP) is 6.62. The molecule has 0 radical (unpaired) electrons. The molecule has 2 aromatic carbocycles. The van der Waals surface area contributed by atoms with Crippen molar-refractivity contribution in [3.05, 3.63) is 82.8 Å². The molecule has 0 aromatic heterocycles. The average molecular weight is 651 g/mol. The molecule has 0 heterocycles. The molecule has 47 heavy (non-hydrogen) atoms. The predicted molar refractivity (Wildman–Crippen MR) is 176 cm³/mol. The van der Waals surface area contributed by atoms with E-state index >= 15 is 0 Å². The number of rotatable bonds is 16. The molecule has 0 saturated carbocycles. The summed E-state index contributed by atoms with van der Waals surface area (Å²) in [5.74, 6) is -4.33. The molecule has 0 fully saturated rings. The Balaban J connectivity index is 1.72. The van der Waals surface area contributed by atoms with E-state index in [0.29, 0.717) is 12.8 Å². The Hall–Kier alpha value is -4.60. The molecule has 0 saturated heterocycles. The van der Waals surface area contributed by atoms with E-state index in [1.165, 1.54) is 36.1 Å². The van der Waals surface area contributed by atoms with Crippen molar-refractivity contribution in [1.29, 1.82) is 0 Å². The molecule has 0 aliphatic heterocycles. The van der Waals surface area contributed by atoms with Crippen LogP contribution in [0, 0.1) is 11.8 Å². The third-order valence-corrected chi connectivity index (χ3v) is 8.34. The Morgan fingerprint density at radius 3 is 1.79 bits per heavy atom. The maximum Gasteiger partial charge on any atom is 0.334 e. The molecule has 254 valence electrons. The Morgan fingerprint density at radius 1 is 0.723 bits per heavy atom. The van der Waals surface area contributed by atoms with Crippen molar-refractivity contribution in [3.8, 4) is 11.1 Å². The van der Waals surface area contributed by atoms with Gasteiger partial charge >= 0.3 is 23.9 Å². The van der Waals surface area contributed by atoms with Gasteiger partial charge in [-0.15, -0.1) is 0 Å². The number of esters is 4. The molecule has 10 heteroatoms. The molecule has 1 aliphatic rings. The van der Waals surface area contributed by atoms with Crippen molar-refractivity contribution in [2.75, 3.05) is 26.4 Å². The molecule has 1 aliphatic carbocycles. The van der Waals surface area contributed by atoms with E-state index in [1.54, 1.807) is 0 Å². The highest BCUT2D eigenvalue weighted by Crippen LogP contribution is 2.49. The standard InChI is InChI=1S/C37H46O10/c1-7-26(35(42)46-16-14-44-33(40)19-24(3)38)21-28(36(43)47-17-15-45-34(41)20-25(4)39)18-23(2)27-12-13-30-29-10-8-9-11-31(29)37(5,6)32(30)22-27/h8-13,19-20,22-23,26,28,38-39H,7,14-18,21H2,1-6H3/b24-19-,25-20-. The number of aliphatic hydroxyl groups excluding tert-OH is 2. The Morgan fingerprint density at radius 2 is 1.23 bits per heavy atom. The lowest BCUT2D eigenvalue weighted by Crippen LogP contribution is -2.28. The van der Waals surface area contributed by atoms with Crippen LogP contribution in [0.4, 0.5) is 0 Å². The van der Waals surface area contributed by atoms with Gasteiger partial charge in [0.25, 0.3) is 0 Å². The molecule has 2 N–H and O–H groups in total. The number of hydrogen-bond acceptors (Lipinski definition) is 10. The zero-order chi connectivity index (χ0) is 34.7. The van der Waals surface area contributed by atoms with Gasteiger partial charge in [-0.2, -0.15) is 0 Å². The highest BCUT2D eigenvalue weighted by atomic mass is 16.6. The van der Waals surface area contributed by atoms with Crippen LogP contribution in [-0.2, 0) is 43.5 Å². The highest BCUT2D eigenvalue weighted by molar-refractivity contribution is 5.83. The summed E-state index contributed by atoms with van der Waals surface area (Å²) in [7, 11) is 0. The van der Waals surface area contributed by atoms with Gasteiger partial charge < -0.3 is 29.2 Å². The quantitative estimate of drug-likeness (QED) is 0.0669. The van der Waals surface area contributed by atoms with E-state index in [4.69, 9.17) is 24.1 Å². The summed E-state index contributed by atoms with van der Waals surface area (Å²) >= 11 is 0. The number of carbonyl (C=O) groups excluding carboxylic acids is 4. The first-order chi connectivity index (χ1) is 22.2. The van der Waals surface area contributed by atoms with E-state index in [0.717, 1.165) is 17.7 Å². The number of allylic oxidation sites excluding steroid dienone is 2. The maximum atomic E-state index is 13.4. The van der Waals surface area contributed by atoms with Crippen LogP contribution in [0.25, 0.3) is 11.1 Å².